The molecule has 0 aliphatic carbocycles. The Kier molecular flexibility index (Phi) is 4.92. The third kappa shape index (κ3) is 4.99. The maximum Gasteiger partial charge on any atom is 0.338 e. The van der Waals surface area contributed by atoms with Crippen molar-refractivity contribution in [2.75, 3.05) is 12.3 Å². The molecule has 0 unspecified atom stereocenters. The molecule has 5 heteroatoms. The fourth-order valence-corrected chi connectivity index (χ4v) is 1.34. The van der Waals surface area contributed by atoms with Gasteiger partial charge in [0.15, 0.2) is 6.61 Å². The number of benzene rings is 1. The lowest BCUT2D eigenvalue weighted by Crippen LogP contribution is -2.44. The molecule has 0 saturated carbocycles. The van der Waals surface area contributed by atoms with Crippen molar-refractivity contribution in [3.63, 3.8) is 0 Å². The van der Waals surface area contributed by atoms with Crippen molar-refractivity contribution in [1.82, 2.24) is 5.32 Å². The number of nitrogens with one attached hydrogen (secondary N) is 1. The Morgan fingerprint density at radius 2 is 1.84 bits per heavy atom. The molecule has 0 bridgehead atoms. The summed E-state index contributed by atoms with van der Waals surface area (Å²) < 4.78 is 4.93. The van der Waals surface area contributed by atoms with Gasteiger partial charge in [-0.1, -0.05) is 6.92 Å². The molecule has 0 atom stereocenters. The Morgan fingerprint density at radius 1 is 1.26 bits per heavy atom. The van der Waals surface area contributed by atoms with Crippen molar-refractivity contribution in [1.29, 1.82) is 0 Å². The first kappa shape index (κ1) is 15.0. The zero-order valence-electron chi connectivity index (χ0n) is 11.5. The first-order valence-electron chi connectivity index (χ1n) is 6.18. The van der Waals surface area contributed by atoms with Gasteiger partial charge in [0.2, 0.25) is 0 Å². The number of hydrogen-bond acceptors (Lipinski definition) is 4. The summed E-state index contributed by atoms with van der Waals surface area (Å²) >= 11 is 0. The highest BCUT2D eigenvalue weighted by Crippen LogP contribution is 2.08. The van der Waals surface area contributed by atoms with Crippen molar-refractivity contribution in [3.05, 3.63) is 29.8 Å². The molecule has 0 aliphatic heterocycles. The predicted molar refractivity (Wildman–Crippen MR) is 73.6 cm³/mol. The third-order valence-electron chi connectivity index (χ3n) is 2.84. The van der Waals surface area contributed by atoms with Crippen LogP contribution in [0, 0.1) is 0 Å². The second-order valence-electron chi connectivity index (χ2n) is 4.98. The first-order valence-corrected chi connectivity index (χ1v) is 6.18. The number of esters is 1. The average Bonchev–Trinajstić information content (AvgIpc) is 2.36. The zero-order valence-corrected chi connectivity index (χ0v) is 11.5. The monoisotopic (exact) mass is 264 g/mol. The predicted octanol–water partition coefficient (Wildman–Crippen LogP) is 1.73. The largest absolute Gasteiger partial charge is 0.452 e. The molecule has 0 spiro atoms. The highest BCUT2D eigenvalue weighted by Gasteiger charge is 2.18. The van der Waals surface area contributed by atoms with Gasteiger partial charge in [0, 0.05) is 11.2 Å². The molecule has 5 nitrogen and oxygen atoms in total. The number of rotatable bonds is 5. The molecule has 104 valence electrons. The van der Waals surface area contributed by atoms with Crippen LogP contribution in [0.25, 0.3) is 0 Å². The lowest BCUT2D eigenvalue weighted by molar-refractivity contribution is -0.125. The van der Waals surface area contributed by atoms with Crippen LogP contribution in [0.1, 0.15) is 37.6 Å². The second-order valence-corrected chi connectivity index (χ2v) is 4.98. The minimum Gasteiger partial charge on any atom is -0.452 e. The van der Waals surface area contributed by atoms with E-state index in [-0.39, 0.29) is 18.1 Å². The third-order valence-corrected chi connectivity index (χ3v) is 2.84. The molecule has 1 aromatic carbocycles. The molecule has 0 radical (unpaired) electrons. The zero-order chi connectivity index (χ0) is 14.5. The molecular weight excluding hydrogens is 244 g/mol. The van der Waals surface area contributed by atoms with E-state index < -0.39 is 5.97 Å². The molecule has 0 fully saturated rings. The van der Waals surface area contributed by atoms with Crippen LogP contribution in [0.4, 0.5) is 5.69 Å². The molecule has 0 heterocycles. The summed E-state index contributed by atoms with van der Waals surface area (Å²) in [5.74, 6) is -0.847. The SMILES string of the molecule is CCC(C)(C)NC(=O)COC(=O)c1ccc(N)cc1. The number of ether oxygens (including phenoxy) is 1. The highest BCUT2D eigenvalue weighted by atomic mass is 16.5. The van der Waals surface area contributed by atoms with E-state index in [1.54, 1.807) is 24.3 Å². The van der Waals surface area contributed by atoms with E-state index in [1.807, 2.05) is 20.8 Å². The van der Waals surface area contributed by atoms with E-state index in [0.717, 1.165) is 6.42 Å². The topological polar surface area (TPSA) is 81.4 Å². The van der Waals surface area contributed by atoms with Gasteiger partial charge in [-0.15, -0.1) is 0 Å². The second kappa shape index (κ2) is 6.22. The van der Waals surface area contributed by atoms with Gasteiger partial charge in [0.1, 0.15) is 0 Å². The van der Waals surface area contributed by atoms with Crippen molar-refractivity contribution < 1.29 is 14.3 Å². The summed E-state index contributed by atoms with van der Waals surface area (Å²) in [5, 5.41) is 2.79. The van der Waals surface area contributed by atoms with Crippen molar-refractivity contribution in [2.45, 2.75) is 32.7 Å². The Balaban J connectivity index is 2.46. The molecule has 1 rings (SSSR count). The Bertz CT molecular complexity index is 452. The molecular formula is C14H20N2O3. The standard InChI is InChI=1S/C14H20N2O3/c1-4-14(2,3)16-12(17)9-19-13(18)10-5-7-11(15)8-6-10/h5-8H,4,9,15H2,1-3H3,(H,16,17). The number of hydrogen-bond donors (Lipinski definition) is 2. The van der Waals surface area contributed by atoms with E-state index in [4.69, 9.17) is 10.5 Å². The molecule has 0 aliphatic rings. The summed E-state index contributed by atoms with van der Waals surface area (Å²) in [6.45, 7) is 5.51. The Labute approximate surface area is 113 Å². The van der Waals surface area contributed by atoms with E-state index in [9.17, 15) is 9.59 Å². The summed E-state index contributed by atoms with van der Waals surface area (Å²) in [7, 11) is 0. The number of amides is 1. The fourth-order valence-electron chi connectivity index (χ4n) is 1.34. The molecule has 19 heavy (non-hydrogen) atoms. The van der Waals surface area contributed by atoms with Crippen molar-refractivity contribution >= 4 is 17.6 Å². The van der Waals surface area contributed by atoms with Crippen molar-refractivity contribution in [2.24, 2.45) is 0 Å². The normalized spacial score (nSPS) is 10.9. The number of nitrogens with two attached hydrogens (primary N) is 1. The van der Waals surface area contributed by atoms with Gasteiger partial charge in [-0.2, -0.15) is 0 Å². The molecule has 0 aromatic heterocycles. The molecule has 1 amide bonds. The summed E-state index contributed by atoms with van der Waals surface area (Å²) in [4.78, 5) is 23.3. The van der Waals surface area contributed by atoms with Crippen LogP contribution in [0.5, 0.6) is 0 Å². The first-order chi connectivity index (χ1) is 8.84. The van der Waals surface area contributed by atoms with E-state index in [1.165, 1.54) is 0 Å². The van der Waals surface area contributed by atoms with Gasteiger partial charge in [-0.05, 0) is 44.5 Å². The highest BCUT2D eigenvalue weighted by molar-refractivity contribution is 5.91. The summed E-state index contributed by atoms with van der Waals surface area (Å²) in [5.41, 5.74) is 6.16. The van der Waals surface area contributed by atoms with Crippen LogP contribution in [0.15, 0.2) is 24.3 Å². The van der Waals surface area contributed by atoms with Crippen LogP contribution in [0.3, 0.4) is 0 Å². The maximum atomic E-state index is 11.7. The fraction of sp³-hybridized carbons (Fsp3) is 0.429. The van der Waals surface area contributed by atoms with Crippen molar-refractivity contribution in [3.8, 4) is 0 Å². The number of nitrogen functional groups attached to an aromatic ring is 1. The summed E-state index contributed by atoms with van der Waals surface area (Å²) in [6.07, 6.45) is 0.796. The quantitative estimate of drug-likeness (QED) is 0.627. The van der Waals surface area contributed by atoms with Gasteiger partial charge in [0.05, 0.1) is 5.56 Å². The van der Waals surface area contributed by atoms with E-state index in [0.29, 0.717) is 11.3 Å². The maximum absolute atomic E-state index is 11.7. The number of carbonyl (C=O) groups excluding carboxylic acids is 2. The smallest absolute Gasteiger partial charge is 0.338 e. The number of anilines is 1. The minimum atomic E-state index is -0.538. The van der Waals surface area contributed by atoms with Crippen LogP contribution in [0.2, 0.25) is 0 Å². The van der Waals surface area contributed by atoms with Crippen LogP contribution >= 0.6 is 0 Å². The number of carbonyl (C=O) groups is 2. The van der Waals surface area contributed by atoms with E-state index in [2.05, 4.69) is 5.32 Å². The Morgan fingerprint density at radius 3 is 2.37 bits per heavy atom. The van der Waals surface area contributed by atoms with Gasteiger partial charge in [0.25, 0.3) is 5.91 Å². The van der Waals surface area contributed by atoms with Crippen LogP contribution in [-0.2, 0) is 9.53 Å². The Hall–Kier alpha value is -2.04. The molecule has 0 saturated heterocycles. The minimum absolute atomic E-state index is 0.285. The molecule has 1 aromatic rings. The van der Waals surface area contributed by atoms with Gasteiger partial charge in [-0.3, -0.25) is 4.79 Å². The van der Waals surface area contributed by atoms with Gasteiger partial charge < -0.3 is 15.8 Å². The van der Waals surface area contributed by atoms with Crippen LogP contribution < -0.4 is 11.1 Å². The van der Waals surface area contributed by atoms with Gasteiger partial charge in [-0.25, -0.2) is 4.79 Å². The lowest BCUT2D eigenvalue weighted by atomic mass is 10.0. The van der Waals surface area contributed by atoms with E-state index >= 15 is 0 Å². The average molecular weight is 264 g/mol. The van der Waals surface area contributed by atoms with Crippen LogP contribution in [-0.4, -0.2) is 24.0 Å². The lowest BCUT2D eigenvalue weighted by Gasteiger charge is -2.24. The van der Waals surface area contributed by atoms with Gasteiger partial charge >= 0.3 is 5.97 Å². The molecule has 3 N–H and O–H groups in total. The summed E-state index contributed by atoms with van der Waals surface area (Å²) in [6, 6.07) is 6.34.